The lowest BCUT2D eigenvalue weighted by molar-refractivity contribution is -0.371. The highest BCUT2D eigenvalue weighted by Gasteiger charge is 2.53. The Bertz CT molecular complexity index is 852. The summed E-state index contributed by atoms with van der Waals surface area (Å²) in [4.78, 5) is 0. The molecule has 15 heteroatoms. The lowest BCUT2D eigenvalue weighted by atomic mass is 9.72. The van der Waals surface area contributed by atoms with Crippen LogP contribution in [0.4, 0.5) is 0 Å². The van der Waals surface area contributed by atoms with Gasteiger partial charge in [0.1, 0.15) is 42.7 Å². The van der Waals surface area contributed by atoms with E-state index in [9.17, 15) is 51.1 Å². The van der Waals surface area contributed by atoms with Crippen LogP contribution in [0.3, 0.4) is 0 Å². The number of ether oxygens (including phenoxy) is 5. The van der Waals surface area contributed by atoms with Crippen LogP contribution in [0.1, 0.15) is 38.5 Å². The summed E-state index contributed by atoms with van der Waals surface area (Å²) in [6, 6.07) is 0. The van der Waals surface area contributed by atoms with Crippen molar-refractivity contribution in [1.29, 1.82) is 0 Å². The Morgan fingerprint density at radius 1 is 0.634 bits per heavy atom. The molecule has 0 aromatic rings. The van der Waals surface area contributed by atoms with Crippen molar-refractivity contribution in [3.8, 4) is 0 Å². The van der Waals surface area contributed by atoms with Gasteiger partial charge in [0.2, 0.25) is 0 Å². The molecule has 2 saturated carbocycles. The Balaban J connectivity index is 1.39. The lowest BCUT2D eigenvalue weighted by Gasteiger charge is -2.51. The summed E-state index contributed by atoms with van der Waals surface area (Å²) in [5.41, 5.74) is 0. The second kappa shape index (κ2) is 13.2. The van der Waals surface area contributed by atoms with E-state index < -0.39 is 111 Å². The predicted octanol–water partition coefficient (Wildman–Crippen LogP) is -4.55. The molecular weight excluding hydrogens is 552 g/mol. The van der Waals surface area contributed by atoms with E-state index in [0.717, 1.165) is 0 Å². The zero-order valence-electron chi connectivity index (χ0n) is 22.6. The van der Waals surface area contributed by atoms with Crippen LogP contribution in [-0.4, -0.2) is 162 Å². The molecular formula is C26H44O15. The van der Waals surface area contributed by atoms with Gasteiger partial charge in [-0.15, -0.1) is 0 Å². The van der Waals surface area contributed by atoms with Crippen LogP contribution in [-0.2, 0) is 23.7 Å². The van der Waals surface area contributed by atoms with Crippen LogP contribution in [0.15, 0.2) is 0 Å². The third-order valence-electron chi connectivity index (χ3n) is 9.36. The van der Waals surface area contributed by atoms with Crippen LogP contribution >= 0.6 is 0 Å². The van der Waals surface area contributed by atoms with Crippen molar-refractivity contribution >= 4 is 0 Å². The van der Waals surface area contributed by atoms with Gasteiger partial charge in [-0.3, -0.25) is 0 Å². The second-order valence-corrected chi connectivity index (χ2v) is 12.2. The van der Waals surface area contributed by atoms with E-state index in [1.165, 1.54) is 0 Å². The summed E-state index contributed by atoms with van der Waals surface area (Å²) in [5.74, 6) is -0.686. The van der Waals surface area contributed by atoms with Crippen molar-refractivity contribution < 1.29 is 74.7 Å². The summed E-state index contributed by atoms with van der Waals surface area (Å²) in [5, 5.41) is 103. The minimum Gasteiger partial charge on any atom is -0.394 e. The van der Waals surface area contributed by atoms with Crippen molar-refractivity contribution in [1.82, 2.24) is 0 Å². The molecule has 15 nitrogen and oxygen atoms in total. The number of aliphatic hydroxyl groups excluding tert-OH is 10. The molecule has 0 amide bonds. The average Bonchev–Trinajstić information content (AvgIpc) is 2.94. The molecule has 5 fully saturated rings. The minimum absolute atomic E-state index is 0.157. The normalized spacial score (nSPS) is 54.9. The molecule has 0 aromatic carbocycles. The third kappa shape index (κ3) is 6.60. The molecule has 18 atom stereocenters. The molecule has 3 heterocycles. The van der Waals surface area contributed by atoms with Crippen LogP contribution in [0, 0.1) is 11.8 Å². The Morgan fingerprint density at radius 2 is 1.39 bits per heavy atom. The van der Waals surface area contributed by atoms with E-state index in [2.05, 4.69) is 0 Å². The van der Waals surface area contributed by atoms with E-state index in [4.69, 9.17) is 23.7 Å². The van der Waals surface area contributed by atoms with Gasteiger partial charge in [-0.2, -0.15) is 0 Å². The highest BCUT2D eigenvalue weighted by molar-refractivity contribution is 4.99. The summed E-state index contributed by atoms with van der Waals surface area (Å²) in [6.45, 7) is -1.04. The van der Waals surface area contributed by atoms with E-state index in [1.807, 2.05) is 0 Å². The zero-order valence-corrected chi connectivity index (χ0v) is 22.6. The van der Waals surface area contributed by atoms with Crippen molar-refractivity contribution in [2.45, 2.75) is 137 Å². The van der Waals surface area contributed by atoms with Crippen molar-refractivity contribution in [3.63, 3.8) is 0 Å². The number of hydrogen-bond donors (Lipinski definition) is 10. The fraction of sp³-hybridized carbons (Fsp3) is 1.00. The first-order valence-corrected chi connectivity index (χ1v) is 14.4. The molecule has 5 aliphatic rings. The Labute approximate surface area is 236 Å². The van der Waals surface area contributed by atoms with E-state index in [-0.39, 0.29) is 31.8 Å². The summed E-state index contributed by atoms with van der Waals surface area (Å²) in [7, 11) is 0. The van der Waals surface area contributed by atoms with Crippen molar-refractivity contribution in [2.24, 2.45) is 11.8 Å². The van der Waals surface area contributed by atoms with Gasteiger partial charge in [0.25, 0.3) is 0 Å². The molecule has 9 unspecified atom stereocenters. The topological polar surface area (TPSA) is 248 Å². The van der Waals surface area contributed by atoms with Crippen LogP contribution in [0.2, 0.25) is 0 Å². The van der Waals surface area contributed by atoms with Crippen molar-refractivity contribution in [2.75, 3.05) is 13.2 Å². The highest BCUT2D eigenvalue weighted by atomic mass is 16.8. The van der Waals surface area contributed by atoms with Gasteiger partial charge in [-0.05, 0) is 44.4 Å². The van der Waals surface area contributed by atoms with Gasteiger partial charge >= 0.3 is 0 Å². The molecule has 41 heavy (non-hydrogen) atoms. The zero-order chi connectivity index (χ0) is 29.6. The van der Waals surface area contributed by atoms with Gasteiger partial charge in [-0.25, -0.2) is 0 Å². The van der Waals surface area contributed by atoms with Crippen LogP contribution in [0.25, 0.3) is 0 Å². The number of fused-ring (bicyclic) bond motifs is 1. The van der Waals surface area contributed by atoms with Gasteiger partial charge in [0.05, 0.1) is 55.9 Å². The highest BCUT2D eigenvalue weighted by Crippen LogP contribution is 2.43. The number of rotatable bonds is 6. The number of hydrogen-bond acceptors (Lipinski definition) is 15. The third-order valence-corrected chi connectivity index (χ3v) is 9.36. The first-order valence-electron chi connectivity index (χ1n) is 14.4. The molecule has 238 valence electrons. The largest absolute Gasteiger partial charge is 0.394 e. The van der Waals surface area contributed by atoms with E-state index in [1.54, 1.807) is 0 Å². The lowest BCUT2D eigenvalue weighted by Crippen LogP contribution is -2.64. The van der Waals surface area contributed by atoms with E-state index >= 15 is 0 Å². The molecule has 0 aromatic heterocycles. The van der Waals surface area contributed by atoms with Gasteiger partial charge < -0.3 is 74.7 Å². The fourth-order valence-electron chi connectivity index (χ4n) is 6.94. The summed E-state index contributed by atoms with van der Waals surface area (Å²) in [6.07, 6.45) is -17.4. The molecule has 2 aliphatic carbocycles. The molecule has 10 N–H and O–H groups in total. The fourth-order valence-corrected chi connectivity index (χ4v) is 6.94. The van der Waals surface area contributed by atoms with Gasteiger partial charge in [0, 0.05) is 5.92 Å². The molecule has 3 aliphatic heterocycles. The number of aliphatic hydroxyl groups is 10. The standard InChI is InChI=1S/C26H44O15/c27-7-18-20(34)21(35)24(41-25-22(36)19(33)15(32)8-37-25)26(40-18)39-17-6-11-13(30)4-10(28)5-16(11)38-23(17)9-1-2-12(29)14(31)3-9/h9-36H,1-8H2/t9?,10?,11?,12?,13?,14?,15-,16?,17?,18-,19+,20-,21+,22-,23?,24-,25+,26-/m1/s1. The van der Waals surface area contributed by atoms with Gasteiger partial charge in [-0.1, -0.05) is 0 Å². The van der Waals surface area contributed by atoms with E-state index in [0.29, 0.717) is 19.3 Å². The Morgan fingerprint density at radius 3 is 2.10 bits per heavy atom. The maximum absolute atomic E-state index is 11.0. The smallest absolute Gasteiger partial charge is 0.187 e. The summed E-state index contributed by atoms with van der Waals surface area (Å²) >= 11 is 0. The molecule has 5 rings (SSSR count). The maximum Gasteiger partial charge on any atom is 0.187 e. The summed E-state index contributed by atoms with van der Waals surface area (Å²) < 4.78 is 29.7. The van der Waals surface area contributed by atoms with Gasteiger partial charge in [0.15, 0.2) is 12.6 Å². The van der Waals surface area contributed by atoms with Crippen LogP contribution < -0.4 is 0 Å². The Kier molecular flexibility index (Phi) is 10.2. The average molecular weight is 597 g/mol. The first-order chi connectivity index (χ1) is 19.5. The minimum atomic E-state index is -1.70. The maximum atomic E-state index is 11.0. The predicted molar refractivity (Wildman–Crippen MR) is 133 cm³/mol. The van der Waals surface area contributed by atoms with Crippen LogP contribution in [0.5, 0.6) is 0 Å². The quantitative estimate of drug-likeness (QED) is 0.139. The second-order valence-electron chi connectivity index (χ2n) is 12.2. The monoisotopic (exact) mass is 596 g/mol. The SMILES string of the molecule is OC[C@H]1O[C@@H](OC2CC3C(O)CC(O)CC3OC2C2CCC(O)C(O)C2)[C@H](O[C@@H]2OC[C@@H](O)[C@H](O)[C@H]2O)[C@@H](O)[C@@H]1O. The first kappa shape index (κ1) is 31.8. The Hall–Kier alpha value is -0.600. The molecule has 0 radical (unpaired) electrons. The molecule has 0 bridgehead atoms. The molecule has 3 saturated heterocycles. The molecule has 0 spiro atoms. The van der Waals surface area contributed by atoms with Crippen molar-refractivity contribution in [3.05, 3.63) is 0 Å².